The Morgan fingerprint density at radius 3 is 2.70 bits per heavy atom. The van der Waals surface area contributed by atoms with Crippen LogP contribution in [0.5, 0.6) is 0 Å². The molecule has 122 valence electrons. The Morgan fingerprint density at radius 2 is 2.04 bits per heavy atom. The van der Waals surface area contributed by atoms with E-state index in [-0.39, 0.29) is 30.0 Å². The first-order chi connectivity index (χ1) is 10.9. The number of halogens is 1. The average Bonchev–Trinajstić information content (AvgIpc) is 2.96. The zero-order chi connectivity index (χ0) is 16.6. The summed E-state index contributed by atoms with van der Waals surface area (Å²) in [6.07, 6.45) is 0. The second-order valence-electron chi connectivity index (χ2n) is 5.51. The van der Waals surface area contributed by atoms with E-state index in [0.717, 1.165) is 10.6 Å². The fourth-order valence-electron chi connectivity index (χ4n) is 2.54. The zero-order valence-corrected chi connectivity index (χ0v) is 14.8. The smallest absolute Gasteiger partial charge is 0.273 e. The van der Waals surface area contributed by atoms with Crippen LogP contribution in [0.4, 0.5) is 0 Å². The fraction of sp³-hybridized carbons (Fsp3) is 0.333. The van der Waals surface area contributed by atoms with Crippen LogP contribution < -0.4 is 0 Å². The van der Waals surface area contributed by atoms with Gasteiger partial charge in [0.2, 0.25) is 0 Å². The van der Waals surface area contributed by atoms with Crippen LogP contribution in [-0.2, 0) is 9.84 Å². The number of benzene rings is 1. The molecule has 3 rings (SSSR count). The second-order valence-corrected chi connectivity index (χ2v) is 9.03. The van der Waals surface area contributed by atoms with Crippen molar-refractivity contribution in [3.05, 3.63) is 40.4 Å². The maximum absolute atomic E-state index is 12.6. The number of rotatable bonds is 2. The molecule has 2 aromatic rings. The SMILES string of the molecule is CC1CS(=O)(=O)CCN1C(=O)c1csc(-c2ccc(Cl)cc2)n1. The number of carbonyl (C=O) groups is 1. The number of thiazole rings is 1. The number of aromatic nitrogens is 1. The quantitative estimate of drug-likeness (QED) is 0.815. The summed E-state index contributed by atoms with van der Waals surface area (Å²) in [5, 5.41) is 3.09. The minimum atomic E-state index is -3.05. The van der Waals surface area contributed by atoms with Gasteiger partial charge in [-0.3, -0.25) is 4.79 Å². The van der Waals surface area contributed by atoms with Crippen molar-refractivity contribution in [2.45, 2.75) is 13.0 Å². The van der Waals surface area contributed by atoms with E-state index in [9.17, 15) is 13.2 Å². The molecule has 1 aliphatic rings. The van der Waals surface area contributed by atoms with Crippen molar-refractivity contribution in [1.82, 2.24) is 9.88 Å². The van der Waals surface area contributed by atoms with Gasteiger partial charge in [0, 0.05) is 28.6 Å². The number of carbonyl (C=O) groups excluding carboxylic acids is 1. The maximum atomic E-state index is 12.6. The lowest BCUT2D eigenvalue weighted by atomic mass is 10.2. The molecule has 2 heterocycles. The van der Waals surface area contributed by atoms with Crippen LogP contribution in [0.15, 0.2) is 29.6 Å². The Labute approximate surface area is 143 Å². The first kappa shape index (κ1) is 16.4. The Kier molecular flexibility index (Phi) is 4.44. The molecule has 0 N–H and O–H groups in total. The lowest BCUT2D eigenvalue weighted by Gasteiger charge is -2.32. The third kappa shape index (κ3) is 3.57. The van der Waals surface area contributed by atoms with Gasteiger partial charge >= 0.3 is 0 Å². The Morgan fingerprint density at radius 1 is 1.35 bits per heavy atom. The van der Waals surface area contributed by atoms with Gasteiger partial charge in [0.15, 0.2) is 9.84 Å². The molecule has 1 unspecified atom stereocenters. The van der Waals surface area contributed by atoms with Gasteiger partial charge in [-0.05, 0) is 19.1 Å². The minimum absolute atomic E-state index is 0.00686. The lowest BCUT2D eigenvalue weighted by molar-refractivity contribution is 0.0707. The van der Waals surface area contributed by atoms with Gasteiger partial charge in [-0.25, -0.2) is 13.4 Å². The summed E-state index contributed by atoms with van der Waals surface area (Å²) in [7, 11) is -3.05. The molecule has 0 spiro atoms. The maximum Gasteiger partial charge on any atom is 0.273 e. The van der Waals surface area contributed by atoms with Crippen molar-refractivity contribution in [3.63, 3.8) is 0 Å². The van der Waals surface area contributed by atoms with E-state index in [1.54, 1.807) is 29.3 Å². The van der Waals surface area contributed by atoms with Crippen LogP contribution in [0.3, 0.4) is 0 Å². The molecule has 8 heteroatoms. The predicted molar refractivity (Wildman–Crippen MR) is 91.7 cm³/mol. The number of hydrogen-bond donors (Lipinski definition) is 0. The van der Waals surface area contributed by atoms with E-state index in [4.69, 9.17) is 11.6 Å². The molecule has 1 saturated heterocycles. The standard InChI is InChI=1S/C15H15ClN2O3S2/c1-10-9-23(20,21)7-6-18(10)15(19)13-8-22-14(17-13)11-2-4-12(16)5-3-11/h2-5,8,10H,6-7,9H2,1H3. The van der Waals surface area contributed by atoms with Gasteiger partial charge in [0.25, 0.3) is 5.91 Å². The molecule has 0 aliphatic carbocycles. The van der Waals surface area contributed by atoms with E-state index in [0.29, 0.717) is 10.7 Å². The number of hydrogen-bond acceptors (Lipinski definition) is 5. The van der Waals surface area contributed by atoms with Crippen molar-refractivity contribution in [3.8, 4) is 10.6 Å². The van der Waals surface area contributed by atoms with E-state index in [1.165, 1.54) is 11.3 Å². The van der Waals surface area contributed by atoms with Crippen LogP contribution in [0.1, 0.15) is 17.4 Å². The predicted octanol–water partition coefficient (Wildman–Crippen LogP) is 2.72. The summed E-state index contributed by atoms with van der Waals surface area (Å²) < 4.78 is 23.2. The normalized spacial score (nSPS) is 20.4. The summed E-state index contributed by atoms with van der Waals surface area (Å²) in [6, 6.07) is 6.92. The molecule has 0 radical (unpaired) electrons. The van der Waals surface area contributed by atoms with E-state index in [1.807, 2.05) is 12.1 Å². The molecule has 23 heavy (non-hydrogen) atoms. The highest BCUT2D eigenvalue weighted by atomic mass is 35.5. The topological polar surface area (TPSA) is 67.3 Å². The lowest BCUT2D eigenvalue weighted by Crippen LogP contribution is -2.49. The summed E-state index contributed by atoms with van der Waals surface area (Å²) >= 11 is 7.25. The number of nitrogens with zero attached hydrogens (tertiary/aromatic N) is 2. The second kappa shape index (κ2) is 6.22. The van der Waals surface area contributed by atoms with Gasteiger partial charge < -0.3 is 4.90 Å². The largest absolute Gasteiger partial charge is 0.333 e. The summed E-state index contributed by atoms with van der Waals surface area (Å²) in [4.78, 5) is 18.6. The minimum Gasteiger partial charge on any atom is -0.333 e. The molecule has 0 saturated carbocycles. The number of sulfone groups is 1. The van der Waals surface area contributed by atoms with Crippen molar-refractivity contribution in [2.24, 2.45) is 0 Å². The molecule has 1 aromatic carbocycles. The monoisotopic (exact) mass is 370 g/mol. The average molecular weight is 371 g/mol. The van der Waals surface area contributed by atoms with Crippen LogP contribution in [0, 0.1) is 0 Å². The van der Waals surface area contributed by atoms with Crippen molar-refractivity contribution >= 4 is 38.7 Å². The van der Waals surface area contributed by atoms with E-state index >= 15 is 0 Å². The molecular formula is C15H15ClN2O3S2. The third-order valence-electron chi connectivity index (χ3n) is 3.75. The number of amides is 1. The first-order valence-corrected chi connectivity index (χ1v) is 10.2. The highest BCUT2D eigenvalue weighted by molar-refractivity contribution is 7.91. The molecular weight excluding hydrogens is 356 g/mol. The fourth-order valence-corrected chi connectivity index (χ4v) is 5.03. The molecule has 1 amide bonds. The van der Waals surface area contributed by atoms with Crippen LogP contribution in [-0.4, -0.2) is 48.3 Å². The van der Waals surface area contributed by atoms with Crippen molar-refractivity contribution < 1.29 is 13.2 Å². The van der Waals surface area contributed by atoms with Crippen molar-refractivity contribution in [1.29, 1.82) is 0 Å². The van der Waals surface area contributed by atoms with Gasteiger partial charge in [-0.15, -0.1) is 11.3 Å². The Bertz CT molecular complexity index is 831. The molecule has 1 aliphatic heterocycles. The highest BCUT2D eigenvalue weighted by Gasteiger charge is 2.32. The van der Waals surface area contributed by atoms with Crippen LogP contribution in [0.25, 0.3) is 10.6 Å². The van der Waals surface area contributed by atoms with Crippen LogP contribution in [0.2, 0.25) is 5.02 Å². The zero-order valence-electron chi connectivity index (χ0n) is 12.4. The molecule has 1 fully saturated rings. The molecule has 5 nitrogen and oxygen atoms in total. The van der Waals surface area contributed by atoms with Gasteiger partial charge in [-0.2, -0.15) is 0 Å². The Balaban J connectivity index is 1.80. The summed E-state index contributed by atoms with van der Waals surface area (Å²) in [6.45, 7) is 1.97. The summed E-state index contributed by atoms with van der Waals surface area (Å²) in [5.74, 6) is -0.201. The summed E-state index contributed by atoms with van der Waals surface area (Å²) in [5.41, 5.74) is 1.25. The van der Waals surface area contributed by atoms with Crippen LogP contribution >= 0.6 is 22.9 Å². The molecule has 1 aromatic heterocycles. The Hall–Kier alpha value is -1.44. The van der Waals surface area contributed by atoms with Gasteiger partial charge in [-0.1, -0.05) is 23.7 Å². The molecule has 1 atom stereocenters. The van der Waals surface area contributed by atoms with E-state index < -0.39 is 9.84 Å². The molecule has 0 bridgehead atoms. The van der Waals surface area contributed by atoms with Crippen molar-refractivity contribution in [2.75, 3.05) is 18.1 Å². The van der Waals surface area contributed by atoms with Gasteiger partial charge in [0.1, 0.15) is 10.7 Å². The third-order valence-corrected chi connectivity index (χ3v) is 6.68. The van der Waals surface area contributed by atoms with E-state index in [2.05, 4.69) is 4.98 Å². The van der Waals surface area contributed by atoms with Gasteiger partial charge in [0.05, 0.1) is 11.5 Å². The first-order valence-electron chi connectivity index (χ1n) is 7.08. The highest BCUT2D eigenvalue weighted by Crippen LogP contribution is 2.26.